The molecule has 5 heteroatoms. The predicted octanol–water partition coefficient (Wildman–Crippen LogP) is 3.65. The molecule has 0 spiro atoms. The molecule has 1 amide bonds. The van der Waals surface area contributed by atoms with Gasteiger partial charge >= 0.3 is 0 Å². The number of likely N-dealkylation sites (tertiary alicyclic amines) is 1. The Balaban J connectivity index is 2.20. The number of carbonyl (C=O) groups excluding carboxylic acids is 1. The maximum atomic E-state index is 12.4. The van der Waals surface area contributed by atoms with Gasteiger partial charge in [-0.25, -0.2) is 4.98 Å². The van der Waals surface area contributed by atoms with E-state index in [9.17, 15) is 4.79 Å². The van der Waals surface area contributed by atoms with Crippen LogP contribution in [0.4, 0.5) is 0 Å². The molecule has 0 aromatic carbocycles. The molecule has 98 valence electrons. The highest BCUT2D eigenvalue weighted by atomic mass is 35.5. The third-order valence-corrected chi connectivity index (χ3v) is 3.80. The molecule has 1 aromatic heterocycles. The van der Waals surface area contributed by atoms with Gasteiger partial charge in [0.05, 0.1) is 0 Å². The van der Waals surface area contributed by atoms with Crippen LogP contribution >= 0.6 is 23.2 Å². The second-order valence-corrected chi connectivity index (χ2v) is 5.75. The lowest BCUT2D eigenvalue weighted by molar-refractivity contribution is 0.0588. The fourth-order valence-electron chi connectivity index (χ4n) is 2.46. The van der Waals surface area contributed by atoms with Crippen LogP contribution in [0.2, 0.25) is 10.3 Å². The van der Waals surface area contributed by atoms with Crippen molar-refractivity contribution in [3.05, 3.63) is 28.0 Å². The summed E-state index contributed by atoms with van der Waals surface area (Å²) in [5.41, 5.74) is 0.515. The van der Waals surface area contributed by atoms with E-state index in [2.05, 4.69) is 18.8 Å². The number of nitrogens with zero attached hydrogens (tertiary/aromatic N) is 2. The molecular weight excluding hydrogens is 271 g/mol. The van der Waals surface area contributed by atoms with Gasteiger partial charge in [-0.3, -0.25) is 4.79 Å². The quantitative estimate of drug-likeness (QED) is 0.739. The first-order chi connectivity index (χ1) is 8.47. The zero-order valence-corrected chi connectivity index (χ0v) is 12.0. The van der Waals surface area contributed by atoms with Crippen molar-refractivity contribution in [2.75, 3.05) is 6.54 Å². The number of hydrogen-bond donors (Lipinski definition) is 0. The Labute approximate surface area is 117 Å². The Morgan fingerprint density at radius 1 is 1.33 bits per heavy atom. The van der Waals surface area contributed by atoms with E-state index in [1.54, 1.807) is 12.1 Å². The zero-order chi connectivity index (χ0) is 13.3. The first-order valence-electron chi connectivity index (χ1n) is 6.11. The van der Waals surface area contributed by atoms with Crippen LogP contribution in [0, 0.1) is 5.92 Å². The normalized spacial score (nSPS) is 24.1. The van der Waals surface area contributed by atoms with E-state index in [4.69, 9.17) is 23.2 Å². The minimum absolute atomic E-state index is 0.0133. The third kappa shape index (κ3) is 2.96. The molecule has 3 nitrogen and oxygen atoms in total. The summed E-state index contributed by atoms with van der Waals surface area (Å²) in [4.78, 5) is 18.1. The van der Waals surface area contributed by atoms with Gasteiger partial charge in [-0.05, 0) is 37.8 Å². The highest BCUT2D eigenvalue weighted by Gasteiger charge is 2.27. The summed E-state index contributed by atoms with van der Waals surface area (Å²) in [6.07, 6.45) is 2.08. The lowest BCUT2D eigenvalue weighted by Crippen LogP contribution is -2.44. The molecule has 0 radical (unpaired) electrons. The SMILES string of the molecule is CC1CCN(C(=O)c2cc(Cl)nc(Cl)c2)C(C)C1. The summed E-state index contributed by atoms with van der Waals surface area (Å²) in [5, 5.41) is 0.507. The zero-order valence-electron chi connectivity index (χ0n) is 10.5. The molecule has 2 heterocycles. The van der Waals surface area contributed by atoms with Gasteiger partial charge in [-0.15, -0.1) is 0 Å². The van der Waals surface area contributed by atoms with Crippen molar-refractivity contribution in [1.29, 1.82) is 0 Å². The van der Waals surface area contributed by atoms with E-state index in [0.717, 1.165) is 19.4 Å². The average Bonchev–Trinajstić information content (AvgIpc) is 2.26. The van der Waals surface area contributed by atoms with Crippen LogP contribution in [-0.2, 0) is 0 Å². The van der Waals surface area contributed by atoms with Gasteiger partial charge < -0.3 is 4.90 Å². The molecule has 0 aliphatic carbocycles. The summed E-state index contributed by atoms with van der Waals surface area (Å²) in [6.45, 7) is 5.09. The first-order valence-corrected chi connectivity index (χ1v) is 6.87. The van der Waals surface area contributed by atoms with Crippen molar-refractivity contribution in [2.24, 2.45) is 5.92 Å². The largest absolute Gasteiger partial charge is 0.336 e. The van der Waals surface area contributed by atoms with Crippen LogP contribution in [0.5, 0.6) is 0 Å². The lowest BCUT2D eigenvalue weighted by Gasteiger charge is -2.36. The standard InChI is InChI=1S/C13H16Cl2N2O/c1-8-3-4-17(9(2)5-8)13(18)10-6-11(14)16-12(15)7-10/h6-9H,3-5H2,1-2H3. The Morgan fingerprint density at radius 3 is 2.50 bits per heavy atom. The smallest absolute Gasteiger partial charge is 0.254 e. The summed E-state index contributed by atoms with van der Waals surface area (Å²) in [7, 11) is 0. The number of carbonyl (C=O) groups is 1. The molecule has 2 unspecified atom stereocenters. The minimum atomic E-state index is -0.0133. The molecule has 1 aromatic rings. The number of pyridine rings is 1. The highest BCUT2D eigenvalue weighted by Crippen LogP contribution is 2.25. The summed E-state index contributed by atoms with van der Waals surface area (Å²) >= 11 is 11.7. The number of rotatable bonds is 1. The van der Waals surface area contributed by atoms with Crippen molar-refractivity contribution in [3.63, 3.8) is 0 Å². The number of piperidine rings is 1. The van der Waals surface area contributed by atoms with Crippen LogP contribution in [0.15, 0.2) is 12.1 Å². The Hall–Kier alpha value is -0.800. The van der Waals surface area contributed by atoms with Gasteiger partial charge in [0.15, 0.2) is 0 Å². The predicted molar refractivity (Wildman–Crippen MR) is 73.2 cm³/mol. The summed E-state index contributed by atoms with van der Waals surface area (Å²) in [6, 6.07) is 3.40. The van der Waals surface area contributed by atoms with Crippen molar-refractivity contribution in [1.82, 2.24) is 9.88 Å². The van der Waals surface area contributed by atoms with E-state index in [-0.39, 0.29) is 22.3 Å². The van der Waals surface area contributed by atoms with Crippen molar-refractivity contribution >= 4 is 29.1 Å². The van der Waals surface area contributed by atoms with Gasteiger partial charge in [0, 0.05) is 18.2 Å². The number of aromatic nitrogens is 1. The Morgan fingerprint density at radius 2 is 1.94 bits per heavy atom. The molecule has 1 saturated heterocycles. The maximum Gasteiger partial charge on any atom is 0.254 e. The first kappa shape index (κ1) is 13.6. The Kier molecular flexibility index (Phi) is 4.13. The molecule has 1 fully saturated rings. The molecule has 1 aliphatic rings. The van der Waals surface area contributed by atoms with Crippen LogP contribution in [0.25, 0.3) is 0 Å². The van der Waals surface area contributed by atoms with E-state index in [1.165, 1.54) is 0 Å². The highest BCUT2D eigenvalue weighted by molar-refractivity contribution is 6.33. The summed E-state index contributed by atoms with van der Waals surface area (Å²) < 4.78 is 0. The van der Waals surface area contributed by atoms with Crippen molar-refractivity contribution in [2.45, 2.75) is 32.7 Å². The van der Waals surface area contributed by atoms with Gasteiger partial charge in [0.2, 0.25) is 0 Å². The molecule has 2 atom stereocenters. The summed E-state index contributed by atoms with van der Waals surface area (Å²) in [5.74, 6) is 0.661. The lowest BCUT2D eigenvalue weighted by atomic mass is 9.93. The second kappa shape index (κ2) is 5.45. The third-order valence-electron chi connectivity index (χ3n) is 3.41. The average molecular weight is 287 g/mol. The molecule has 0 saturated carbocycles. The number of hydrogen-bond acceptors (Lipinski definition) is 2. The molecule has 2 rings (SSSR count). The van der Waals surface area contributed by atoms with E-state index in [1.807, 2.05) is 4.90 Å². The van der Waals surface area contributed by atoms with Gasteiger partial charge in [-0.1, -0.05) is 30.1 Å². The molecule has 1 aliphatic heterocycles. The van der Waals surface area contributed by atoms with Crippen LogP contribution in [-0.4, -0.2) is 28.4 Å². The van der Waals surface area contributed by atoms with Gasteiger partial charge in [0.1, 0.15) is 10.3 Å². The minimum Gasteiger partial charge on any atom is -0.336 e. The number of halogens is 2. The van der Waals surface area contributed by atoms with Crippen LogP contribution < -0.4 is 0 Å². The molecule has 0 bridgehead atoms. The number of amides is 1. The van der Waals surface area contributed by atoms with Crippen molar-refractivity contribution in [3.8, 4) is 0 Å². The fourth-order valence-corrected chi connectivity index (χ4v) is 2.92. The van der Waals surface area contributed by atoms with Gasteiger partial charge in [-0.2, -0.15) is 0 Å². The van der Waals surface area contributed by atoms with Gasteiger partial charge in [0.25, 0.3) is 5.91 Å². The Bertz CT molecular complexity index is 444. The van der Waals surface area contributed by atoms with Crippen molar-refractivity contribution < 1.29 is 4.79 Å². The molecule has 0 N–H and O–H groups in total. The van der Waals surface area contributed by atoms with E-state index in [0.29, 0.717) is 11.5 Å². The van der Waals surface area contributed by atoms with Crippen LogP contribution in [0.1, 0.15) is 37.0 Å². The monoisotopic (exact) mass is 286 g/mol. The maximum absolute atomic E-state index is 12.4. The van der Waals surface area contributed by atoms with Crippen LogP contribution in [0.3, 0.4) is 0 Å². The second-order valence-electron chi connectivity index (χ2n) is 4.98. The van der Waals surface area contributed by atoms with E-state index < -0.39 is 0 Å². The molecule has 18 heavy (non-hydrogen) atoms. The molecular formula is C13H16Cl2N2O. The fraction of sp³-hybridized carbons (Fsp3) is 0.538. The van der Waals surface area contributed by atoms with E-state index >= 15 is 0 Å². The topological polar surface area (TPSA) is 33.2 Å².